The summed E-state index contributed by atoms with van der Waals surface area (Å²) in [5.74, 6) is 0.149. The van der Waals surface area contributed by atoms with E-state index in [1.54, 1.807) is 44.2 Å². The van der Waals surface area contributed by atoms with E-state index in [1.807, 2.05) is 30.7 Å². The van der Waals surface area contributed by atoms with Crippen molar-refractivity contribution in [3.8, 4) is 5.75 Å². The van der Waals surface area contributed by atoms with Gasteiger partial charge in [0, 0.05) is 6.20 Å². The first-order valence-electron chi connectivity index (χ1n) is 11.8. The molecule has 0 spiro atoms. The summed E-state index contributed by atoms with van der Waals surface area (Å²) in [4.78, 5) is 20.6. The van der Waals surface area contributed by atoms with Crippen LogP contribution in [-0.2, 0) is 23.4 Å². The van der Waals surface area contributed by atoms with Crippen molar-refractivity contribution in [1.29, 1.82) is 0 Å². The van der Waals surface area contributed by atoms with E-state index < -0.39 is 32.1 Å². The highest BCUT2D eigenvalue weighted by molar-refractivity contribution is 7.52. The van der Waals surface area contributed by atoms with Gasteiger partial charge in [-0.25, -0.2) is 14.5 Å². The number of fused-ring (bicyclic) bond motifs is 1. The van der Waals surface area contributed by atoms with E-state index in [-0.39, 0.29) is 12.7 Å². The Morgan fingerprint density at radius 3 is 2.53 bits per heavy atom. The van der Waals surface area contributed by atoms with Gasteiger partial charge in [-0.3, -0.25) is 9.32 Å². The number of benzene rings is 1. The van der Waals surface area contributed by atoms with Crippen LogP contribution in [0.15, 0.2) is 48.9 Å². The molecule has 0 aliphatic carbocycles. The van der Waals surface area contributed by atoms with Crippen molar-refractivity contribution in [3.05, 3.63) is 48.9 Å². The van der Waals surface area contributed by atoms with Crippen LogP contribution in [0.3, 0.4) is 0 Å². The Labute approximate surface area is 210 Å². The Morgan fingerprint density at radius 2 is 1.86 bits per heavy atom. The molecule has 11 nitrogen and oxygen atoms in total. The number of esters is 1. The van der Waals surface area contributed by atoms with Crippen molar-refractivity contribution >= 4 is 30.6 Å². The molecule has 0 fully saturated rings. The van der Waals surface area contributed by atoms with Crippen molar-refractivity contribution in [2.24, 2.45) is 0 Å². The minimum atomic E-state index is -3.99. The van der Waals surface area contributed by atoms with Crippen LogP contribution in [0.25, 0.3) is 11.0 Å². The Bertz CT molecular complexity index is 1190. The topological polar surface area (TPSA) is 140 Å². The van der Waals surface area contributed by atoms with Crippen LogP contribution >= 0.6 is 7.75 Å². The lowest BCUT2D eigenvalue weighted by Gasteiger charge is -2.27. The lowest BCUT2D eigenvalue weighted by molar-refractivity contribution is -0.149. The average Bonchev–Trinajstić information content (AvgIpc) is 3.27. The highest BCUT2D eigenvalue weighted by atomic mass is 31.2. The molecule has 0 saturated heterocycles. The maximum atomic E-state index is 13.7. The molecule has 196 valence electrons. The lowest BCUT2D eigenvalue weighted by Crippen LogP contribution is -2.37. The molecule has 3 N–H and O–H groups in total. The Kier molecular flexibility index (Phi) is 9.44. The molecule has 2 heterocycles. The van der Waals surface area contributed by atoms with Crippen LogP contribution in [-0.4, -0.2) is 45.4 Å². The molecule has 0 saturated carbocycles. The number of carbonyl (C=O) groups excluding carboxylic acids is 1. The second-order valence-corrected chi connectivity index (χ2v) is 10.2. The van der Waals surface area contributed by atoms with E-state index in [1.165, 1.54) is 13.3 Å². The van der Waals surface area contributed by atoms with Crippen molar-refractivity contribution in [1.82, 2.24) is 19.6 Å². The molecule has 3 rings (SSSR count). The van der Waals surface area contributed by atoms with Gasteiger partial charge in [0.05, 0.1) is 24.2 Å². The number of carbonyl (C=O) groups is 1. The fraction of sp³-hybridized carbons (Fsp3) is 0.458. The summed E-state index contributed by atoms with van der Waals surface area (Å²) in [5, 5.41) is 3.41. The fourth-order valence-electron chi connectivity index (χ4n) is 3.40. The van der Waals surface area contributed by atoms with Gasteiger partial charge in [-0.15, -0.1) is 0 Å². The molecule has 0 radical (unpaired) electrons. The molecule has 2 aromatic heterocycles. The first kappa shape index (κ1) is 27.6. The number of hydrogen-bond donors (Lipinski definition) is 2. The number of para-hydroxylation sites is 1. The zero-order valence-corrected chi connectivity index (χ0v) is 22.1. The number of ether oxygens (including phenoxy) is 2. The normalized spacial score (nSPS) is 15.8. The number of anilines is 1. The largest absolute Gasteiger partial charge is 0.462 e. The summed E-state index contributed by atoms with van der Waals surface area (Å²) in [6.45, 7) is 8.74. The van der Waals surface area contributed by atoms with Gasteiger partial charge in [0.1, 0.15) is 35.8 Å². The second-order valence-electron chi connectivity index (χ2n) is 8.52. The van der Waals surface area contributed by atoms with E-state index in [4.69, 9.17) is 24.3 Å². The second kappa shape index (κ2) is 12.3. The van der Waals surface area contributed by atoms with Crippen molar-refractivity contribution in [3.63, 3.8) is 0 Å². The van der Waals surface area contributed by atoms with Crippen molar-refractivity contribution < 1.29 is 27.9 Å². The number of rotatable bonds is 13. The maximum absolute atomic E-state index is 13.7. The minimum absolute atomic E-state index is 0.0553. The molecule has 0 aliphatic heterocycles. The third-order valence-corrected chi connectivity index (χ3v) is 6.88. The van der Waals surface area contributed by atoms with Gasteiger partial charge in [0.25, 0.3) is 0 Å². The molecule has 4 unspecified atom stereocenters. The van der Waals surface area contributed by atoms with E-state index >= 15 is 0 Å². The van der Waals surface area contributed by atoms with Gasteiger partial charge in [-0.2, -0.15) is 5.09 Å². The van der Waals surface area contributed by atoms with Crippen LogP contribution in [0.4, 0.5) is 5.82 Å². The molecule has 0 bridgehead atoms. The quantitative estimate of drug-likeness (QED) is 0.246. The number of aromatic nitrogens is 3. The minimum Gasteiger partial charge on any atom is -0.462 e. The Balaban J connectivity index is 1.71. The number of nitrogen functional groups attached to an aromatic ring is 1. The van der Waals surface area contributed by atoms with Crippen LogP contribution in [0, 0.1) is 0 Å². The average molecular weight is 520 g/mol. The highest BCUT2D eigenvalue weighted by Gasteiger charge is 2.33. The smallest absolute Gasteiger partial charge is 0.459 e. The predicted octanol–water partition coefficient (Wildman–Crippen LogP) is 4.46. The number of nitrogens with one attached hydrogen (secondary N) is 1. The third-order valence-electron chi connectivity index (χ3n) is 5.23. The molecule has 0 aliphatic rings. The third kappa shape index (κ3) is 7.27. The van der Waals surface area contributed by atoms with Gasteiger partial charge in [0.2, 0.25) is 0 Å². The molecule has 12 heteroatoms. The summed E-state index contributed by atoms with van der Waals surface area (Å²) in [5.41, 5.74) is 6.57. The molecule has 1 aromatic carbocycles. The summed E-state index contributed by atoms with van der Waals surface area (Å²) in [6, 6.07) is 9.48. The summed E-state index contributed by atoms with van der Waals surface area (Å²) in [6.07, 6.45) is 2.60. The van der Waals surface area contributed by atoms with Crippen LogP contribution in [0.1, 0.15) is 47.3 Å². The molecule has 3 aromatic rings. The Hall–Kier alpha value is -2.98. The van der Waals surface area contributed by atoms with Crippen molar-refractivity contribution in [2.45, 2.75) is 65.5 Å². The summed E-state index contributed by atoms with van der Waals surface area (Å²) < 4.78 is 38.4. The van der Waals surface area contributed by atoms with Gasteiger partial charge in [0.15, 0.2) is 0 Å². The van der Waals surface area contributed by atoms with Gasteiger partial charge >= 0.3 is 13.7 Å². The zero-order chi connectivity index (χ0) is 26.3. The summed E-state index contributed by atoms with van der Waals surface area (Å²) >= 11 is 0. The number of nitrogens with zero attached hydrogens (tertiary/aromatic N) is 3. The molecule has 0 amide bonds. The monoisotopic (exact) mass is 519 g/mol. The molecular formula is C24H34N5O6P. The Morgan fingerprint density at radius 1 is 1.14 bits per heavy atom. The van der Waals surface area contributed by atoms with Gasteiger partial charge in [-0.1, -0.05) is 25.1 Å². The number of nitrogens with two attached hydrogens (primary N) is 1. The maximum Gasteiger partial charge on any atom is 0.459 e. The molecular weight excluding hydrogens is 485 g/mol. The van der Waals surface area contributed by atoms with Crippen LogP contribution in [0.5, 0.6) is 5.75 Å². The van der Waals surface area contributed by atoms with Crippen molar-refractivity contribution in [2.75, 3.05) is 12.3 Å². The van der Waals surface area contributed by atoms with Gasteiger partial charge in [-0.05, 0) is 52.3 Å². The lowest BCUT2D eigenvalue weighted by atomic mass is 10.3. The molecule has 4 atom stereocenters. The van der Waals surface area contributed by atoms with Crippen LogP contribution in [0.2, 0.25) is 0 Å². The zero-order valence-electron chi connectivity index (χ0n) is 21.2. The molecule has 36 heavy (non-hydrogen) atoms. The van der Waals surface area contributed by atoms with Crippen LogP contribution < -0.4 is 15.3 Å². The summed E-state index contributed by atoms with van der Waals surface area (Å²) in [7, 11) is -3.99. The standard InChI is InChI=1S/C24H34N5O6P/c1-6-19(34-18(5)29-13-12-21-22(25)26-15-27-23(21)29)14-32-36(31,35-20-10-8-7-9-11-20)28-17(4)24(30)33-16(2)3/h7-13,15-19H,6,14H2,1-5H3,(H,28,31)(H2,25,26,27). The first-order valence-corrected chi connectivity index (χ1v) is 13.4. The van der Waals surface area contributed by atoms with Gasteiger partial charge < -0.3 is 24.3 Å². The van der Waals surface area contributed by atoms with E-state index in [2.05, 4.69) is 15.1 Å². The van der Waals surface area contributed by atoms with E-state index in [0.29, 0.717) is 23.6 Å². The predicted molar refractivity (Wildman–Crippen MR) is 136 cm³/mol. The number of hydrogen-bond acceptors (Lipinski definition) is 9. The SMILES string of the molecule is CCC(COP(=O)(NC(C)C(=O)OC(C)C)Oc1ccccc1)OC(C)n1ccc2c(N)ncnc21. The fourth-order valence-corrected chi connectivity index (χ4v) is 4.92. The van der Waals surface area contributed by atoms with E-state index in [9.17, 15) is 9.36 Å². The van der Waals surface area contributed by atoms with E-state index in [0.717, 1.165) is 5.39 Å². The first-order chi connectivity index (χ1) is 17.1. The highest BCUT2D eigenvalue weighted by Crippen LogP contribution is 2.45.